The number of aliphatic hydroxyl groups is 2. The third-order valence-corrected chi connectivity index (χ3v) is 5.79. The molecular weight excluding hydrogens is 416 g/mol. The second kappa shape index (κ2) is 9.48. The van der Waals surface area contributed by atoms with Gasteiger partial charge in [0.1, 0.15) is 5.82 Å². The number of aliphatic hydroxyl groups excluding tert-OH is 2. The lowest BCUT2D eigenvalue weighted by Gasteiger charge is -2.22. The third kappa shape index (κ3) is 4.11. The lowest BCUT2D eigenvalue weighted by Crippen LogP contribution is -2.13. The molecule has 0 fully saturated rings. The number of fused-ring (bicyclic) bond motifs is 1. The predicted molar refractivity (Wildman–Crippen MR) is 132 cm³/mol. The van der Waals surface area contributed by atoms with Crippen molar-refractivity contribution in [2.24, 2.45) is 0 Å². The average Bonchev–Trinajstić information content (AvgIpc) is 2.86. The number of hydrogen-bond acceptors (Lipinski definition) is 6. The number of methoxy groups -OCH3 is 2. The molecule has 3 aromatic carbocycles. The van der Waals surface area contributed by atoms with Crippen LogP contribution < -0.4 is 14.4 Å². The molecule has 0 amide bonds. The number of pyridine rings is 1. The summed E-state index contributed by atoms with van der Waals surface area (Å²) in [6, 6.07) is 19.7. The van der Waals surface area contributed by atoms with Crippen LogP contribution in [0.2, 0.25) is 0 Å². The first-order valence-corrected chi connectivity index (χ1v) is 10.7. The highest BCUT2D eigenvalue weighted by atomic mass is 16.5. The van der Waals surface area contributed by atoms with Gasteiger partial charge in [0, 0.05) is 30.6 Å². The van der Waals surface area contributed by atoms with Gasteiger partial charge in [-0.1, -0.05) is 30.3 Å². The number of ether oxygens (including phenoxy) is 2. The van der Waals surface area contributed by atoms with E-state index in [1.54, 1.807) is 14.2 Å². The predicted octanol–water partition coefficient (Wildman–Crippen LogP) is 4.64. The summed E-state index contributed by atoms with van der Waals surface area (Å²) in [6.07, 6.45) is 0. The van der Waals surface area contributed by atoms with E-state index in [0.717, 1.165) is 39.0 Å². The molecule has 2 N–H and O–H groups in total. The van der Waals surface area contributed by atoms with Crippen molar-refractivity contribution in [3.05, 3.63) is 71.8 Å². The van der Waals surface area contributed by atoms with Crippen LogP contribution in [0.1, 0.15) is 11.1 Å². The second-order valence-corrected chi connectivity index (χ2v) is 7.97. The minimum absolute atomic E-state index is 0.156. The molecule has 0 atom stereocenters. The minimum Gasteiger partial charge on any atom is -0.493 e. The molecule has 170 valence electrons. The summed E-state index contributed by atoms with van der Waals surface area (Å²) in [5.74, 6) is 2.04. The van der Waals surface area contributed by atoms with Gasteiger partial charge in [0.05, 0.1) is 33.1 Å². The Balaban J connectivity index is 2.16. The quantitative estimate of drug-likeness (QED) is 0.433. The Kier molecular flexibility index (Phi) is 6.49. The molecule has 0 saturated heterocycles. The van der Waals surface area contributed by atoms with Crippen LogP contribution in [0.15, 0.2) is 60.7 Å². The number of nitrogens with zero attached hydrogens (tertiary/aromatic N) is 2. The van der Waals surface area contributed by atoms with Crippen molar-refractivity contribution in [3.8, 4) is 33.9 Å². The number of anilines is 1. The van der Waals surface area contributed by atoms with E-state index in [9.17, 15) is 10.2 Å². The molecule has 33 heavy (non-hydrogen) atoms. The van der Waals surface area contributed by atoms with E-state index in [0.29, 0.717) is 22.6 Å². The number of aromatic nitrogens is 1. The fraction of sp³-hybridized carbons (Fsp3) is 0.222. The van der Waals surface area contributed by atoms with E-state index >= 15 is 0 Å². The number of hydrogen-bond donors (Lipinski definition) is 2. The average molecular weight is 445 g/mol. The zero-order valence-corrected chi connectivity index (χ0v) is 19.3. The summed E-state index contributed by atoms with van der Waals surface area (Å²) >= 11 is 0. The van der Waals surface area contributed by atoms with Gasteiger partial charge in [-0.25, -0.2) is 4.98 Å². The molecule has 1 aromatic heterocycles. The van der Waals surface area contributed by atoms with Crippen LogP contribution in [-0.4, -0.2) is 43.5 Å². The lowest BCUT2D eigenvalue weighted by atomic mass is 9.91. The van der Waals surface area contributed by atoms with Gasteiger partial charge in [0.25, 0.3) is 0 Å². The fourth-order valence-electron chi connectivity index (χ4n) is 4.16. The van der Waals surface area contributed by atoms with Crippen molar-refractivity contribution in [1.82, 2.24) is 4.98 Å². The minimum atomic E-state index is -0.161. The zero-order valence-electron chi connectivity index (χ0n) is 19.3. The van der Waals surface area contributed by atoms with Gasteiger partial charge in [-0.3, -0.25) is 0 Å². The molecule has 0 aliphatic carbocycles. The van der Waals surface area contributed by atoms with E-state index in [4.69, 9.17) is 14.5 Å². The Morgan fingerprint density at radius 2 is 1.39 bits per heavy atom. The first-order valence-electron chi connectivity index (χ1n) is 10.7. The van der Waals surface area contributed by atoms with Crippen molar-refractivity contribution in [2.45, 2.75) is 13.2 Å². The Morgan fingerprint density at radius 1 is 0.758 bits per heavy atom. The third-order valence-electron chi connectivity index (χ3n) is 5.79. The van der Waals surface area contributed by atoms with E-state index in [1.165, 1.54) is 0 Å². The van der Waals surface area contributed by atoms with Gasteiger partial charge in [-0.15, -0.1) is 0 Å². The van der Waals surface area contributed by atoms with Crippen molar-refractivity contribution in [1.29, 1.82) is 0 Å². The Bertz CT molecular complexity index is 1290. The van der Waals surface area contributed by atoms with E-state index < -0.39 is 0 Å². The fourth-order valence-corrected chi connectivity index (χ4v) is 4.16. The van der Waals surface area contributed by atoms with E-state index in [1.807, 2.05) is 67.5 Å². The van der Waals surface area contributed by atoms with Gasteiger partial charge in [-0.2, -0.15) is 0 Å². The first-order chi connectivity index (χ1) is 16.0. The molecular formula is C27H28N2O4. The molecule has 4 rings (SSSR count). The molecule has 6 nitrogen and oxygen atoms in total. The maximum atomic E-state index is 9.99. The standard InChI is InChI=1S/C27H28N2O4/c1-29(2)27-22-13-20(16-31)19(15-30)12-21(22)25(17-8-6-5-7-9-17)26(28-27)18-10-11-23(32-3)24(14-18)33-4/h5-14,30-31H,15-16H2,1-4H3. The van der Waals surface area contributed by atoms with Gasteiger partial charge in [0.2, 0.25) is 0 Å². The van der Waals surface area contributed by atoms with Crippen molar-refractivity contribution in [2.75, 3.05) is 33.2 Å². The molecule has 6 heteroatoms. The summed E-state index contributed by atoms with van der Waals surface area (Å²) in [6.45, 7) is -0.317. The van der Waals surface area contributed by atoms with E-state index in [-0.39, 0.29) is 13.2 Å². The van der Waals surface area contributed by atoms with Crippen molar-refractivity contribution < 1.29 is 19.7 Å². The first kappa shape index (κ1) is 22.6. The molecule has 0 aliphatic heterocycles. The van der Waals surface area contributed by atoms with Crippen LogP contribution >= 0.6 is 0 Å². The van der Waals surface area contributed by atoms with Gasteiger partial charge < -0.3 is 24.6 Å². The Morgan fingerprint density at radius 3 is 1.97 bits per heavy atom. The van der Waals surface area contributed by atoms with Crippen LogP contribution in [0.3, 0.4) is 0 Å². The summed E-state index contributed by atoms with van der Waals surface area (Å²) in [5.41, 5.74) is 5.00. The highest BCUT2D eigenvalue weighted by Crippen LogP contribution is 2.43. The maximum Gasteiger partial charge on any atom is 0.161 e. The molecule has 0 saturated carbocycles. The summed E-state index contributed by atoms with van der Waals surface area (Å²) < 4.78 is 11.0. The van der Waals surface area contributed by atoms with Gasteiger partial charge in [-0.05, 0) is 52.4 Å². The van der Waals surface area contributed by atoms with E-state index in [2.05, 4.69) is 12.1 Å². The molecule has 0 bridgehead atoms. The van der Waals surface area contributed by atoms with Crippen molar-refractivity contribution >= 4 is 16.6 Å². The van der Waals surface area contributed by atoms with Crippen LogP contribution in [0.5, 0.6) is 11.5 Å². The molecule has 0 spiro atoms. The molecule has 0 radical (unpaired) electrons. The molecule has 4 aromatic rings. The normalized spacial score (nSPS) is 11.0. The SMILES string of the molecule is COc1ccc(-c2nc(N(C)C)c3cc(CO)c(CO)cc3c2-c2ccccc2)cc1OC. The van der Waals surface area contributed by atoms with Crippen LogP contribution in [-0.2, 0) is 13.2 Å². The van der Waals surface area contributed by atoms with Crippen molar-refractivity contribution in [3.63, 3.8) is 0 Å². The van der Waals surface area contributed by atoms with Crippen LogP contribution in [0.25, 0.3) is 33.2 Å². The second-order valence-electron chi connectivity index (χ2n) is 7.97. The van der Waals surface area contributed by atoms with Gasteiger partial charge in [0.15, 0.2) is 11.5 Å². The number of benzene rings is 3. The van der Waals surface area contributed by atoms with Gasteiger partial charge >= 0.3 is 0 Å². The largest absolute Gasteiger partial charge is 0.493 e. The molecule has 0 unspecified atom stereocenters. The van der Waals surface area contributed by atoms with Crippen LogP contribution in [0.4, 0.5) is 5.82 Å². The Labute approximate surface area is 193 Å². The van der Waals surface area contributed by atoms with Crippen LogP contribution in [0, 0.1) is 0 Å². The number of rotatable bonds is 7. The Hall–Kier alpha value is -3.61. The smallest absolute Gasteiger partial charge is 0.161 e. The lowest BCUT2D eigenvalue weighted by molar-refractivity contribution is 0.260. The highest BCUT2D eigenvalue weighted by Gasteiger charge is 2.21. The highest BCUT2D eigenvalue weighted by molar-refractivity contribution is 6.08. The molecule has 1 heterocycles. The summed E-state index contributed by atoms with van der Waals surface area (Å²) in [4.78, 5) is 7.05. The summed E-state index contributed by atoms with van der Waals surface area (Å²) in [5, 5.41) is 21.7. The summed E-state index contributed by atoms with van der Waals surface area (Å²) in [7, 11) is 7.12. The zero-order chi connectivity index (χ0) is 23.5. The maximum absolute atomic E-state index is 9.99. The topological polar surface area (TPSA) is 75.1 Å². The monoisotopic (exact) mass is 444 g/mol. The molecule has 0 aliphatic rings.